The zero-order chi connectivity index (χ0) is 15.7. The third kappa shape index (κ3) is 2.73. The maximum absolute atomic E-state index is 12.9. The minimum absolute atomic E-state index is 0.00648. The van der Waals surface area contributed by atoms with E-state index in [4.69, 9.17) is 4.98 Å². The van der Waals surface area contributed by atoms with Crippen LogP contribution in [0.5, 0.6) is 0 Å². The number of rotatable bonds is 4. The van der Waals surface area contributed by atoms with Crippen molar-refractivity contribution in [3.05, 3.63) is 57.8 Å². The summed E-state index contributed by atoms with van der Waals surface area (Å²) in [5.74, 6) is 0.771. The quantitative estimate of drug-likeness (QED) is 0.644. The molecule has 6 heteroatoms. The molecular weight excluding hydrogens is 362 g/mol. The molecule has 4 nitrogen and oxygen atoms in total. The van der Waals surface area contributed by atoms with Crippen LogP contribution in [0.15, 0.2) is 35.1 Å². The lowest BCUT2D eigenvalue weighted by molar-refractivity contribution is 0.663. The number of benzene rings is 1. The second kappa shape index (κ2) is 6.30. The number of hydrogen-bond donors (Lipinski definition) is 0. The van der Waals surface area contributed by atoms with Crippen molar-refractivity contribution in [1.29, 1.82) is 0 Å². The van der Waals surface area contributed by atoms with Crippen molar-refractivity contribution in [1.82, 2.24) is 13.9 Å². The van der Waals surface area contributed by atoms with E-state index in [1.54, 1.807) is 4.57 Å². The molecule has 0 fully saturated rings. The Balaban J connectivity index is 2.22. The molecular formula is C16H16BrN3OS. The molecule has 0 saturated heterocycles. The minimum atomic E-state index is -0.00648. The number of alkyl halides is 1. The molecule has 3 rings (SSSR count). The van der Waals surface area contributed by atoms with Crippen molar-refractivity contribution in [3.8, 4) is 0 Å². The SMILES string of the molecule is CC[C@H](Br)c1nc2snc(C)c2c(=O)n1Cc1ccccc1. The fourth-order valence-electron chi connectivity index (χ4n) is 2.42. The highest BCUT2D eigenvalue weighted by Crippen LogP contribution is 2.27. The lowest BCUT2D eigenvalue weighted by Gasteiger charge is -2.15. The summed E-state index contributed by atoms with van der Waals surface area (Å²) in [5.41, 5.74) is 1.84. The first-order valence-electron chi connectivity index (χ1n) is 7.16. The summed E-state index contributed by atoms with van der Waals surface area (Å²) < 4.78 is 6.05. The predicted molar refractivity (Wildman–Crippen MR) is 93.9 cm³/mol. The molecule has 0 aliphatic rings. The van der Waals surface area contributed by atoms with Crippen molar-refractivity contribution < 1.29 is 0 Å². The van der Waals surface area contributed by atoms with E-state index in [2.05, 4.69) is 27.2 Å². The molecule has 0 N–H and O–H groups in total. The molecule has 0 aliphatic carbocycles. The van der Waals surface area contributed by atoms with Gasteiger partial charge in [-0.3, -0.25) is 9.36 Å². The Kier molecular flexibility index (Phi) is 4.40. The molecule has 0 spiro atoms. The van der Waals surface area contributed by atoms with Gasteiger partial charge in [-0.25, -0.2) is 4.98 Å². The lowest BCUT2D eigenvalue weighted by Crippen LogP contribution is -2.26. The molecule has 0 amide bonds. The number of nitrogens with zero attached hydrogens (tertiary/aromatic N) is 3. The van der Waals surface area contributed by atoms with E-state index in [1.165, 1.54) is 11.5 Å². The van der Waals surface area contributed by atoms with Gasteiger partial charge in [0.25, 0.3) is 5.56 Å². The molecule has 0 unspecified atom stereocenters. The van der Waals surface area contributed by atoms with E-state index in [0.717, 1.165) is 28.3 Å². The number of fused-ring (bicyclic) bond motifs is 1. The largest absolute Gasteiger partial charge is 0.291 e. The van der Waals surface area contributed by atoms with Gasteiger partial charge in [0.15, 0.2) is 4.83 Å². The maximum Gasteiger partial charge on any atom is 0.264 e. The van der Waals surface area contributed by atoms with Gasteiger partial charge in [-0.15, -0.1) is 0 Å². The first-order valence-corrected chi connectivity index (χ1v) is 8.85. The summed E-state index contributed by atoms with van der Waals surface area (Å²) in [4.78, 5) is 18.4. The molecule has 1 aromatic carbocycles. The fourth-order valence-corrected chi connectivity index (χ4v) is 3.55. The summed E-state index contributed by atoms with van der Waals surface area (Å²) >= 11 is 4.93. The number of hydrogen-bond acceptors (Lipinski definition) is 4. The van der Waals surface area contributed by atoms with Crippen LogP contribution in [0.3, 0.4) is 0 Å². The van der Waals surface area contributed by atoms with Gasteiger partial charge < -0.3 is 0 Å². The molecule has 114 valence electrons. The first kappa shape index (κ1) is 15.4. The lowest BCUT2D eigenvalue weighted by atomic mass is 10.2. The average Bonchev–Trinajstić information content (AvgIpc) is 2.91. The smallest absolute Gasteiger partial charge is 0.264 e. The molecule has 2 heterocycles. The fraction of sp³-hybridized carbons (Fsp3) is 0.312. The molecule has 2 aromatic heterocycles. The highest BCUT2D eigenvalue weighted by Gasteiger charge is 2.19. The van der Waals surface area contributed by atoms with Gasteiger partial charge in [-0.2, -0.15) is 4.37 Å². The van der Waals surface area contributed by atoms with E-state index >= 15 is 0 Å². The van der Waals surface area contributed by atoms with E-state index < -0.39 is 0 Å². The van der Waals surface area contributed by atoms with Crippen molar-refractivity contribution >= 4 is 37.7 Å². The van der Waals surface area contributed by atoms with Crippen molar-refractivity contribution in [3.63, 3.8) is 0 Å². The third-order valence-corrected chi connectivity index (χ3v) is 5.51. The van der Waals surface area contributed by atoms with Crippen LogP contribution in [-0.2, 0) is 6.54 Å². The highest BCUT2D eigenvalue weighted by molar-refractivity contribution is 9.09. The summed E-state index contributed by atoms with van der Waals surface area (Å²) in [6, 6.07) is 9.98. The molecule has 0 aliphatic heterocycles. The topological polar surface area (TPSA) is 47.8 Å². The van der Waals surface area contributed by atoms with Gasteiger partial charge in [-0.1, -0.05) is 53.2 Å². The van der Waals surface area contributed by atoms with Crippen LogP contribution in [0.1, 0.15) is 35.3 Å². The third-order valence-electron chi connectivity index (χ3n) is 3.62. The molecule has 22 heavy (non-hydrogen) atoms. The molecule has 1 atom stereocenters. The minimum Gasteiger partial charge on any atom is -0.291 e. The summed E-state index contributed by atoms with van der Waals surface area (Å²) in [6.07, 6.45) is 0.866. The van der Waals surface area contributed by atoms with E-state index in [0.29, 0.717) is 11.9 Å². The molecule has 0 bridgehead atoms. The number of halogens is 1. The van der Waals surface area contributed by atoms with Crippen LogP contribution in [0.4, 0.5) is 0 Å². The zero-order valence-corrected chi connectivity index (χ0v) is 14.8. The van der Waals surface area contributed by atoms with E-state index in [1.807, 2.05) is 37.3 Å². The van der Waals surface area contributed by atoms with Crippen LogP contribution < -0.4 is 5.56 Å². The average molecular weight is 378 g/mol. The second-order valence-electron chi connectivity index (χ2n) is 5.17. The van der Waals surface area contributed by atoms with Gasteiger partial charge >= 0.3 is 0 Å². The first-order chi connectivity index (χ1) is 10.6. The predicted octanol–water partition coefficient (Wildman–Crippen LogP) is 4.06. The normalized spacial score (nSPS) is 12.7. The highest BCUT2D eigenvalue weighted by atomic mass is 79.9. The van der Waals surface area contributed by atoms with E-state index in [9.17, 15) is 4.79 Å². The van der Waals surface area contributed by atoms with Crippen LogP contribution >= 0.6 is 27.5 Å². The van der Waals surface area contributed by atoms with Crippen LogP contribution in [0.25, 0.3) is 10.2 Å². The second-order valence-corrected chi connectivity index (χ2v) is 7.03. The Hall–Kier alpha value is -1.53. The van der Waals surface area contributed by atoms with Gasteiger partial charge in [0, 0.05) is 0 Å². The Morgan fingerprint density at radius 3 is 2.73 bits per heavy atom. The Bertz CT molecular complexity index is 857. The molecule has 3 aromatic rings. The van der Waals surface area contributed by atoms with E-state index in [-0.39, 0.29) is 10.4 Å². The van der Waals surface area contributed by atoms with Gasteiger partial charge in [0.1, 0.15) is 5.82 Å². The summed E-state index contributed by atoms with van der Waals surface area (Å²) in [7, 11) is 0. The summed E-state index contributed by atoms with van der Waals surface area (Å²) in [5, 5.41) is 0.639. The Labute approximate surface area is 141 Å². The molecule has 0 radical (unpaired) electrons. The summed E-state index contributed by atoms with van der Waals surface area (Å²) in [6.45, 7) is 4.45. The molecule has 0 saturated carbocycles. The van der Waals surface area contributed by atoms with Gasteiger partial charge in [0.2, 0.25) is 0 Å². The maximum atomic E-state index is 12.9. The Morgan fingerprint density at radius 2 is 2.05 bits per heavy atom. The number of aromatic nitrogens is 3. The van der Waals surface area contributed by atoms with Crippen LogP contribution in [0, 0.1) is 6.92 Å². The van der Waals surface area contributed by atoms with Crippen molar-refractivity contribution in [2.75, 3.05) is 0 Å². The Morgan fingerprint density at radius 1 is 1.32 bits per heavy atom. The van der Waals surface area contributed by atoms with Crippen LogP contribution in [0.2, 0.25) is 0 Å². The van der Waals surface area contributed by atoms with Crippen LogP contribution in [-0.4, -0.2) is 13.9 Å². The zero-order valence-electron chi connectivity index (χ0n) is 12.4. The monoisotopic (exact) mass is 377 g/mol. The van der Waals surface area contributed by atoms with Gasteiger partial charge in [-0.05, 0) is 30.4 Å². The van der Waals surface area contributed by atoms with Crippen molar-refractivity contribution in [2.45, 2.75) is 31.6 Å². The number of aryl methyl sites for hydroxylation is 1. The van der Waals surface area contributed by atoms with Gasteiger partial charge in [0.05, 0.1) is 22.5 Å². The standard InChI is InChI=1S/C16H16BrN3OS/c1-3-12(17)14-18-15-13(10(2)19-22-15)16(21)20(14)9-11-7-5-4-6-8-11/h4-8,12H,3,9H2,1-2H3/t12-/m0/s1. The van der Waals surface area contributed by atoms with Crippen molar-refractivity contribution in [2.24, 2.45) is 0 Å².